The van der Waals surface area contributed by atoms with E-state index < -0.39 is 33.3 Å². The van der Waals surface area contributed by atoms with Crippen LogP contribution in [-0.4, -0.2) is 98.7 Å². The number of likely N-dealkylation sites (tertiary alicyclic amines) is 1. The van der Waals surface area contributed by atoms with Crippen molar-refractivity contribution < 1.29 is 17.7 Å². The van der Waals surface area contributed by atoms with E-state index in [1.54, 1.807) is 12.4 Å². The van der Waals surface area contributed by atoms with Crippen molar-refractivity contribution in [3.05, 3.63) is 36.7 Å². The molecule has 1 saturated heterocycles. The molecule has 1 fully saturated rings. The molecule has 0 aliphatic carbocycles. The van der Waals surface area contributed by atoms with Crippen LogP contribution in [0.3, 0.4) is 0 Å². The van der Waals surface area contributed by atoms with Crippen molar-refractivity contribution in [1.29, 1.82) is 0 Å². The van der Waals surface area contributed by atoms with Gasteiger partial charge in [-0.2, -0.15) is 0 Å². The molecule has 2 heterocycles. The Morgan fingerprint density at radius 2 is 1.15 bits per heavy atom. The Kier molecular flexibility index (Phi) is 17.2. The minimum Gasteiger partial charge on any atom is -0.415 e. The Hall–Kier alpha value is -1.43. The zero-order valence-corrected chi connectivity index (χ0v) is 45.5. The smallest absolute Gasteiger partial charge is 0.192 e. The van der Waals surface area contributed by atoms with Crippen molar-refractivity contribution in [1.82, 2.24) is 14.9 Å². The van der Waals surface area contributed by atoms with Crippen molar-refractivity contribution in [3.8, 4) is 11.4 Å². The molecule has 1 aliphatic heterocycles. The first-order chi connectivity index (χ1) is 26.7. The van der Waals surface area contributed by atoms with Gasteiger partial charge in [0.25, 0.3) is 0 Å². The summed E-state index contributed by atoms with van der Waals surface area (Å²) >= 11 is 0. The van der Waals surface area contributed by atoms with E-state index in [0.29, 0.717) is 18.1 Å². The third-order valence-electron chi connectivity index (χ3n) is 14.7. The number of hydrogen-bond donors (Lipinski definition) is 2. The lowest BCUT2D eigenvalue weighted by Gasteiger charge is -2.56. The van der Waals surface area contributed by atoms with Crippen LogP contribution in [0.2, 0.25) is 72.5 Å². The lowest BCUT2D eigenvalue weighted by molar-refractivity contribution is -0.128. The minimum atomic E-state index is -2.27. The quantitative estimate of drug-likeness (QED) is 0.0860. The second-order valence-electron chi connectivity index (χ2n) is 23.5. The summed E-state index contributed by atoms with van der Waals surface area (Å²) < 4.78 is 30.1. The van der Waals surface area contributed by atoms with Crippen molar-refractivity contribution in [2.24, 2.45) is 0 Å². The highest BCUT2D eigenvalue weighted by Gasteiger charge is 2.55. The molecule has 3 N–H and O–H groups in total. The fraction of sp³-hybridized carbons (Fsp3) is 0.783. The highest BCUT2D eigenvalue weighted by Crippen LogP contribution is 2.46. The summed E-state index contributed by atoms with van der Waals surface area (Å²) in [5, 5.41) is 3.81. The average Bonchev–Trinajstić information content (AvgIpc) is 3.07. The van der Waals surface area contributed by atoms with E-state index >= 15 is 0 Å². The molecule has 1 aromatic heterocycles. The Morgan fingerprint density at radius 3 is 1.66 bits per heavy atom. The molecule has 1 aliphatic rings. The SMILES string of the molecule is CC(C)(C)[Si](C)(C)OC[C@@H]1C(O[Si](C)(C)C(C)(C)C)C(O[Si](C)(C)C(C)(C)C)C(O[Si](C)(C)C(C)(C)C)CN1CCCCCCNc1ccc(-c2ncccn2)cc1N. The normalized spacial score (nSPS) is 20.9. The number of anilines is 2. The molecule has 13 heteroatoms. The molecule has 0 amide bonds. The van der Waals surface area contributed by atoms with Gasteiger partial charge in [-0.25, -0.2) is 9.97 Å². The minimum absolute atomic E-state index is 0.0362. The van der Waals surface area contributed by atoms with Gasteiger partial charge in [-0.05, 0) is 116 Å². The lowest BCUT2D eigenvalue weighted by Crippen LogP contribution is -2.70. The van der Waals surface area contributed by atoms with E-state index in [9.17, 15) is 0 Å². The van der Waals surface area contributed by atoms with Crippen LogP contribution in [0.1, 0.15) is 109 Å². The molecule has 3 unspecified atom stereocenters. The zero-order valence-electron chi connectivity index (χ0n) is 41.5. The summed E-state index contributed by atoms with van der Waals surface area (Å²) in [6.07, 6.45) is 7.48. The summed E-state index contributed by atoms with van der Waals surface area (Å²) in [5.41, 5.74) is 9.04. The van der Waals surface area contributed by atoms with Crippen molar-refractivity contribution in [2.75, 3.05) is 37.3 Å². The molecular weight excluding hydrogens is 799 g/mol. The number of benzene rings is 1. The van der Waals surface area contributed by atoms with E-state index in [4.69, 9.17) is 23.4 Å². The molecule has 59 heavy (non-hydrogen) atoms. The van der Waals surface area contributed by atoms with Crippen LogP contribution in [0.5, 0.6) is 0 Å². The standard InChI is InChI=1S/C46H89N5O4Si4/c1-43(2,3)56(13,14)52-34-38-40(54-58(17,18)45(7,8)9)41(55-59(19,20)46(10,11)12)39(53-57(15,16)44(4,5)6)33-51(38)31-24-22-21-23-28-48-37-27-26-35(32-36(37)47)42-49-29-25-30-50-42/h25-27,29-30,32,38-41,48H,21-24,28,31,33-34,47H2,1-20H3/t38-,39?,40?,41?/m1/s1. The maximum absolute atomic E-state index is 7.72. The number of unbranched alkanes of at least 4 members (excludes halogenated alkanes) is 3. The van der Waals surface area contributed by atoms with Gasteiger partial charge in [0, 0.05) is 31.0 Å². The second kappa shape index (κ2) is 19.5. The Bertz CT molecular complexity index is 1610. The lowest BCUT2D eigenvalue weighted by atomic mass is 9.94. The van der Waals surface area contributed by atoms with Crippen molar-refractivity contribution >= 4 is 44.6 Å². The van der Waals surface area contributed by atoms with Gasteiger partial charge < -0.3 is 28.8 Å². The van der Waals surface area contributed by atoms with Crippen LogP contribution in [0.25, 0.3) is 11.4 Å². The molecular formula is C46H89N5O4Si4. The molecule has 2 aromatic rings. The fourth-order valence-electron chi connectivity index (χ4n) is 6.39. The summed E-state index contributed by atoms with van der Waals surface area (Å²) in [4.78, 5) is 11.4. The van der Waals surface area contributed by atoms with Crippen LogP contribution >= 0.6 is 0 Å². The number of piperidine rings is 1. The number of aromatic nitrogens is 2. The first kappa shape index (κ1) is 51.9. The second-order valence-corrected chi connectivity index (χ2v) is 42.5. The summed E-state index contributed by atoms with van der Waals surface area (Å²) in [5.74, 6) is 0.683. The van der Waals surface area contributed by atoms with Crippen LogP contribution in [0.4, 0.5) is 11.4 Å². The molecule has 338 valence electrons. The molecule has 0 spiro atoms. The van der Waals surface area contributed by atoms with Gasteiger partial charge in [-0.3, -0.25) is 4.90 Å². The van der Waals surface area contributed by atoms with E-state index in [1.165, 1.54) is 0 Å². The van der Waals surface area contributed by atoms with Crippen molar-refractivity contribution in [3.63, 3.8) is 0 Å². The highest BCUT2D eigenvalue weighted by molar-refractivity contribution is 6.75. The van der Waals surface area contributed by atoms with Gasteiger partial charge >= 0.3 is 0 Å². The molecule has 4 atom stereocenters. The number of rotatable bonds is 18. The van der Waals surface area contributed by atoms with E-state index in [2.05, 4.69) is 156 Å². The molecule has 9 nitrogen and oxygen atoms in total. The average molecular weight is 889 g/mol. The predicted molar refractivity (Wildman–Crippen MR) is 264 cm³/mol. The van der Waals surface area contributed by atoms with Gasteiger partial charge in [0.05, 0.1) is 42.3 Å². The zero-order chi connectivity index (χ0) is 45.0. The number of nitrogens with zero attached hydrogens (tertiary/aromatic N) is 3. The van der Waals surface area contributed by atoms with E-state index in [0.717, 1.165) is 56.6 Å². The summed E-state index contributed by atoms with van der Waals surface area (Å²) in [6.45, 7) is 50.6. The molecule has 0 saturated carbocycles. The number of nitrogen functional groups attached to an aromatic ring is 1. The Labute approximate surface area is 366 Å². The van der Waals surface area contributed by atoms with Crippen LogP contribution < -0.4 is 11.1 Å². The fourth-order valence-corrected chi connectivity index (χ4v) is 11.4. The molecule has 0 radical (unpaired) electrons. The van der Waals surface area contributed by atoms with Crippen LogP contribution in [-0.2, 0) is 17.7 Å². The predicted octanol–water partition coefficient (Wildman–Crippen LogP) is 12.6. The number of nitrogens with two attached hydrogens (primary N) is 1. The largest absolute Gasteiger partial charge is 0.415 e. The Balaban J connectivity index is 1.93. The van der Waals surface area contributed by atoms with Crippen LogP contribution in [0, 0.1) is 0 Å². The summed E-state index contributed by atoms with van der Waals surface area (Å²) in [7, 11) is -8.79. The first-order valence-corrected chi connectivity index (χ1v) is 34.2. The number of hydrogen-bond acceptors (Lipinski definition) is 9. The van der Waals surface area contributed by atoms with Gasteiger partial charge in [-0.1, -0.05) is 95.9 Å². The monoisotopic (exact) mass is 888 g/mol. The van der Waals surface area contributed by atoms with Gasteiger partial charge in [0.1, 0.15) is 0 Å². The molecule has 0 bridgehead atoms. The third kappa shape index (κ3) is 13.8. The van der Waals surface area contributed by atoms with E-state index in [-0.39, 0.29) is 44.5 Å². The molecule has 1 aromatic carbocycles. The topological polar surface area (TPSA) is 104 Å². The van der Waals surface area contributed by atoms with E-state index in [1.807, 2.05) is 24.3 Å². The number of nitrogens with one attached hydrogen (secondary N) is 1. The Morgan fingerprint density at radius 1 is 0.661 bits per heavy atom. The highest BCUT2D eigenvalue weighted by atomic mass is 28.4. The summed E-state index contributed by atoms with van der Waals surface area (Å²) in [6, 6.07) is 7.90. The van der Waals surface area contributed by atoms with Crippen LogP contribution in [0.15, 0.2) is 36.7 Å². The third-order valence-corrected chi connectivity index (χ3v) is 32.6. The van der Waals surface area contributed by atoms with Crippen molar-refractivity contribution in [2.45, 2.75) is 206 Å². The molecule has 3 rings (SSSR count). The van der Waals surface area contributed by atoms with Gasteiger partial charge in [0.2, 0.25) is 0 Å². The first-order valence-electron chi connectivity index (χ1n) is 22.5. The van der Waals surface area contributed by atoms with Gasteiger partial charge in [0.15, 0.2) is 39.1 Å². The maximum Gasteiger partial charge on any atom is 0.192 e. The maximum atomic E-state index is 7.72. The van der Waals surface area contributed by atoms with Gasteiger partial charge in [-0.15, -0.1) is 0 Å².